The summed E-state index contributed by atoms with van der Waals surface area (Å²) >= 11 is 1.84. The molecule has 0 bridgehead atoms. The first-order valence-electron chi connectivity index (χ1n) is 6.96. The zero-order valence-electron chi connectivity index (χ0n) is 12.3. The smallest absolute Gasteiger partial charge is 0.232 e. The molecule has 3 heterocycles. The van der Waals surface area contributed by atoms with Crippen LogP contribution in [-0.4, -0.2) is 25.3 Å². The van der Waals surface area contributed by atoms with E-state index in [1.165, 1.54) is 22.7 Å². The van der Waals surface area contributed by atoms with E-state index in [0.717, 1.165) is 38.0 Å². The fraction of sp³-hybridized carbons (Fsp3) is 0.357. The van der Waals surface area contributed by atoms with Gasteiger partial charge in [0.2, 0.25) is 4.21 Å². The SMILES string of the molecule is CCCC[S+]([O-])c1sc2nc(-c3nccs3)nc(C)c2c1N. The number of nitrogens with two attached hydrogens (primary N) is 1. The van der Waals surface area contributed by atoms with Gasteiger partial charge < -0.3 is 10.3 Å². The quantitative estimate of drug-likeness (QED) is 0.709. The van der Waals surface area contributed by atoms with Crippen molar-refractivity contribution < 1.29 is 4.55 Å². The number of thiazole rings is 1. The Morgan fingerprint density at radius 1 is 1.36 bits per heavy atom. The van der Waals surface area contributed by atoms with Gasteiger partial charge in [-0.2, -0.15) is 0 Å². The first kappa shape index (κ1) is 15.7. The summed E-state index contributed by atoms with van der Waals surface area (Å²) in [4.78, 5) is 14.1. The molecule has 0 aliphatic rings. The van der Waals surface area contributed by atoms with Crippen molar-refractivity contribution in [1.82, 2.24) is 15.0 Å². The minimum Gasteiger partial charge on any atom is -0.611 e. The van der Waals surface area contributed by atoms with Crippen molar-refractivity contribution >= 4 is 49.8 Å². The number of fused-ring (bicyclic) bond motifs is 1. The Kier molecular flexibility index (Phi) is 4.62. The summed E-state index contributed by atoms with van der Waals surface area (Å²) in [7, 11) is 0. The number of hydrogen-bond acceptors (Lipinski definition) is 7. The maximum absolute atomic E-state index is 12.4. The van der Waals surface area contributed by atoms with Gasteiger partial charge in [0.05, 0.1) is 11.1 Å². The lowest BCUT2D eigenvalue weighted by Gasteiger charge is -2.07. The summed E-state index contributed by atoms with van der Waals surface area (Å²) in [5.41, 5.74) is 7.58. The van der Waals surface area contributed by atoms with Crippen LogP contribution >= 0.6 is 22.7 Å². The van der Waals surface area contributed by atoms with E-state index in [0.29, 0.717) is 17.3 Å². The van der Waals surface area contributed by atoms with Crippen molar-refractivity contribution in [3.63, 3.8) is 0 Å². The third-order valence-corrected chi connectivity index (χ3v) is 7.01. The first-order chi connectivity index (χ1) is 10.6. The van der Waals surface area contributed by atoms with Gasteiger partial charge in [-0.25, -0.2) is 15.0 Å². The molecule has 0 amide bonds. The lowest BCUT2D eigenvalue weighted by atomic mass is 10.3. The van der Waals surface area contributed by atoms with Crippen LogP contribution in [0.2, 0.25) is 0 Å². The Bertz CT molecular complexity index is 785. The van der Waals surface area contributed by atoms with E-state index in [2.05, 4.69) is 21.9 Å². The van der Waals surface area contributed by atoms with Crippen LogP contribution < -0.4 is 5.73 Å². The van der Waals surface area contributed by atoms with Crippen LogP contribution in [0.1, 0.15) is 25.5 Å². The third-order valence-electron chi connectivity index (χ3n) is 3.25. The van der Waals surface area contributed by atoms with Gasteiger partial charge in [0.1, 0.15) is 16.3 Å². The summed E-state index contributed by atoms with van der Waals surface area (Å²) < 4.78 is 13.1. The molecular formula is C14H16N4OS3. The number of nitrogens with zero attached hydrogens (tertiary/aromatic N) is 3. The molecule has 5 nitrogen and oxygen atoms in total. The number of aromatic nitrogens is 3. The molecule has 3 aromatic rings. The van der Waals surface area contributed by atoms with Gasteiger partial charge in [-0.1, -0.05) is 24.7 Å². The predicted octanol–water partition coefficient (Wildman–Crippen LogP) is 3.61. The van der Waals surface area contributed by atoms with Gasteiger partial charge in [0.15, 0.2) is 10.8 Å². The number of anilines is 1. The average molecular weight is 353 g/mol. The van der Waals surface area contributed by atoms with Crippen molar-refractivity contribution in [1.29, 1.82) is 0 Å². The van der Waals surface area contributed by atoms with Gasteiger partial charge in [0, 0.05) is 11.6 Å². The number of unbranched alkanes of at least 4 members (excludes halogenated alkanes) is 1. The molecule has 3 rings (SSSR count). The number of aryl methyl sites for hydroxylation is 1. The van der Waals surface area contributed by atoms with E-state index < -0.39 is 11.2 Å². The van der Waals surface area contributed by atoms with Crippen LogP contribution in [0.5, 0.6) is 0 Å². The summed E-state index contributed by atoms with van der Waals surface area (Å²) in [6.07, 6.45) is 3.68. The summed E-state index contributed by atoms with van der Waals surface area (Å²) in [6, 6.07) is 0. The second kappa shape index (κ2) is 6.49. The molecule has 0 aromatic carbocycles. The molecule has 3 aromatic heterocycles. The van der Waals surface area contributed by atoms with Gasteiger partial charge in [-0.05, 0) is 24.5 Å². The summed E-state index contributed by atoms with van der Waals surface area (Å²) in [5, 5.41) is 3.50. The van der Waals surface area contributed by atoms with Gasteiger partial charge in [-0.3, -0.25) is 0 Å². The van der Waals surface area contributed by atoms with Gasteiger partial charge in [-0.15, -0.1) is 11.3 Å². The third kappa shape index (κ3) is 2.83. The molecule has 1 atom stereocenters. The van der Waals surface area contributed by atoms with E-state index >= 15 is 0 Å². The molecule has 0 aliphatic heterocycles. The topological polar surface area (TPSA) is 87.8 Å². The number of thiophene rings is 1. The van der Waals surface area contributed by atoms with E-state index in [-0.39, 0.29) is 0 Å². The van der Waals surface area contributed by atoms with Gasteiger partial charge >= 0.3 is 0 Å². The first-order valence-corrected chi connectivity index (χ1v) is 9.98. The fourth-order valence-electron chi connectivity index (χ4n) is 2.14. The monoisotopic (exact) mass is 352 g/mol. The highest BCUT2D eigenvalue weighted by atomic mass is 32.2. The lowest BCUT2D eigenvalue weighted by molar-refractivity contribution is 0.594. The van der Waals surface area contributed by atoms with Gasteiger partial charge in [0.25, 0.3) is 0 Å². The van der Waals surface area contributed by atoms with Crippen LogP contribution in [0.4, 0.5) is 5.69 Å². The fourth-order valence-corrected chi connectivity index (χ4v) is 5.53. The zero-order valence-corrected chi connectivity index (χ0v) is 14.8. The largest absolute Gasteiger partial charge is 0.611 e. The Morgan fingerprint density at radius 3 is 2.86 bits per heavy atom. The Balaban J connectivity index is 2.07. The summed E-state index contributed by atoms with van der Waals surface area (Å²) in [5.74, 6) is 1.24. The van der Waals surface area contributed by atoms with Crippen molar-refractivity contribution in [2.24, 2.45) is 0 Å². The van der Waals surface area contributed by atoms with Crippen LogP contribution in [0.25, 0.3) is 21.0 Å². The van der Waals surface area contributed by atoms with Crippen molar-refractivity contribution in [2.75, 3.05) is 11.5 Å². The van der Waals surface area contributed by atoms with Crippen molar-refractivity contribution in [2.45, 2.75) is 30.9 Å². The highest BCUT2D eigenvalue weighted by molar-refractivity contribution is 7.93. The van der Waals surface area contributed by atoms with Crippen molar-refractivity contribution in [3.8, 4) is 10.8 Å². The number of hydrogen-bond donors (Lipinski definition) is 1. The molecule has 8 heteroatoms. The standard InChI is InChI=1S/C14H16N4OS3/c1-3-4-7-22(19)14-10(15)9-8(2)17-11(18-12(9)21-14)13-16-5-6-20-13/h5-6H,3-4,7,15H2,1-2H3. The second-order valence-corrected chi connectivity index (χ2v) is 8.52. The lowest BCUT2D eigenvalue weighted by Crippen LogP contribution is -2.07. The molecule has 1 unspecified atom stereocenters. The van der Waals surface area contributed by atoms with E-state index in [9.17, 15) is 4.55 Å². The molecule has 0 aliphatic carbocycles. The van der Waals surface area contributed by atoms with E-state index in [1.807, 2.05) is 12.3 Å². The molecule has 2 N–H and O–H groups in total. The maximum Gasteiger partial charge on any atom is 0.232 e. The molecule has 0 saturated carbocycles. The predicted molar refractivity (Wildman–Crippen MR) is 93.9 cm³/mol. The van der Waals surface area contributed by atoms with Crippen LogP contribution in [0, 0.1) is 6.92 Å². The Hall–Kier alpha value is -1.22. The van der Waals surface area contributed by atoms with Crippen LogP contribution in [-0.2, 0) is 11.2 Å². The molecule has 0 saturated heterocycles. The molecule has 116 valence electrons. The van der Waals surface area contributed by atoms with Crippen molar-refractivity contribution in [3.05, 3.63) is 17.3 Å². The highest BCUT2D eigenvalue weighted by Crippen LogP contribution is 2.38. The molecule has 0 fully saturated rings. The van der Waals surface area contributed by atoms with E-state index in [1.54, 1.807) is 6.20 Å². The average Bonchev–Trinajstić information content (AvgIpc) is 3.13. The normalized spacial score (nSPS) is 12.9. The Morgan fingerprint density at radius 2 is 2.18 bits per heavy atom. The number of nitrogen functional groups attached to an aromatic ring is 1. The summed E-state index contributed by atoms with van der Waals surface area (Å²) in [6.45, 7) is 3.99. The number of rotatable bonds is 5. The van der Waals surface area contributed by atoms with Crippen LogP contribution in [0.15, 0.2) is 15.8 Å². The van der Waals surface area contributed by atoms with E-state index in [4.69, 9.17) is 5.73 Å². The minimum absolute atomic E-state index is 0.567. The molecular weight excluding hydrogens is 336 g/mol. The second-order valence-electron chi connectivity index (χ2n) is 4.86. The highest BCUT2D eigenvalue weighted by Gasteiger charge is 2.24. The molecule has 0 radical (unpaired) electrons. The zero-order chi connectivity index (χ0) is 15.7. The molecule has 0 spiro atoms. The Labute approximate surface area is 139 Å². The minimum atomic E-state index is -1.07. The molecule has 22 heavy (non-hydrogen) atoms. The van der Waals surface area contributed by atoms with Crippen LogP contribution in [0.3, 0.4) is 0 Å². The maximum atomic E-state index is 12.4.